The van der Waals surface area contributed by atoms with Gasteiger partial charge in [0, 0.05) is 11.6 Å². The van der Waals surface area contributed by atoms with Gasteiger partial charge < -0.3 is 9.47 Å². The molecule has 0 radical (unpaired) electrons. The number of nitro groups is 1. The number of benzene rings is 1. The number of carbonyl (C=O) groups is 2. The topological polar surface area (TPSA) is 111 Å². The third-order valence-corrected chi connectivity index (χ3v) is 5.73. The summed E-state index contributed by atoms with van der Waals surface area (Å²) in [4.78, 5) is 36.7. The molecule has 4 unspecified atom stereocenters. The number of ether oxygens (including phenoxy) is 2. The van der Waals surface area contributed by atoms with Crippen molar-refractivity contribution in [3.05, 3.63) is 40.0 Å². The number of hydrazone groups is 1. The van der Waals surface area contributed by atoms with Gasteiger partial charge in [0.15, 0.2) is 5.75 Å². The Labute approximate surface area is 179 Å². The molecule has 2 aliphatic carbocycles. The molecule has 9 nitrogen and oxygen atoms in total. The molecule has 4 rings (SSSR count). The maximum atomic E-state index is 12.8. The van der Waals surface area contributed by atoms with Gasteiger partial charge in [0.25, 0.3) is 11.8 Å². The summed E-state index contributed by atoms with van der Waals surface area (Å²) in [6.45, 7) is 7.39. The number of carbonyl (C=O) groups excluding carboxylic acids is 2. The van der Waals surface area contributed by atoms with E-state index in [0.717, 1.165) is 11.4 Å². The second kappa shape index (κ2) is 7.47. The first kappa shape index (κ1) is 21.0. The van der Waals surface area contributed by atoms with Crippen molar-refractivity contribution in [3.8, 4) is 11.5 Å². The van der Waals surface area contributed by atoms with E-state index in [-0.39, 0.29) is 59.3 Å². The number of imide groups is 1. The number of fused-ring (bicyclic) bond motifs is 5. The van der Waals surface area contributed by atoms with Crippen molar-refractivity contribution in [2.75, 3.05) is 6.61 Å². The highest BCUT2D eigenvalue weighted by molar-refractivity contribution is 6.06. The van der Waals surface area contributed by atoms with Gasteiger partial charge in [-0.3, -0.25) is 19.7 Å². The van der Waals surface area contributed by atoms with Crippen molar-refractivity contribution < 1.29 is 24.0 Å². The van der Waals surface area contributed by atoms with Crippen LogP contribution in [0.5, 0.6) is 11.5 Å². The Morgan fingerprint density at radius 2 is 1.81 bits per heavy atom. The highest BCUT2D eigenvalue weighted by Crippen LogP contribution is 2.52. The van der Waals surface area contributed by atoms with Gasteiger partial charge in [-0.25, -0.2) is 0 Å². The Morgan fingerprint density at radius 1 is 1.19 bits per heavy atom. The zero-order valence-corrected chi connectivity index (χ0v) is 17.9. The highest BCUT2D eigenvalue weighted by Gasteiger charge is 2.59. The summed E-state index contributed by atoms with van der Waals surface area (Å²) in [7, 11) is 0. The Balaban J connectivity index is 1.65. The molecule has 31 heavy (non-hydrogen) atoms. The highest BCUT2D eigenvalue weighted by atomic mass is 16.6. The monoisotopic (exact) mass is 427 g/mol. The molecule has 0 N–H and O–H groups in total. The van der Waals surface area contributed by atoms with E-state index in [9.17, 15) is 19.7 Å². The largest absolute Gasteiger partial charge is 0.490 e. The number of allylic oxidation sites excluding steroid dienone is 2. The van der Waals surface area contributed by atoms with E-state index in [0.29, 0.717) is 5.56 Å². The van der Waals surface area contributed by atoms with Crippen LogP contribution in [0.2, 0.25) is 0 Å². The summed E-state index contributed by atoms with van der Waals surface area (Å²) in [6, 6.07) is 2.85. The second-order valence-corrected chi connectivity index (χ2v) is 9.00. The van der Waals surface area contributed by atoms with Crippen LogP contribution < -0.4 is 9.47 Å². The van der Waals surface area contributed by atoms with Crippen molar-refractivity contribution in [2.24, 2.45) is 28.8 Å². The molecule has 1 saturated carbocycles. The molecule has 4 atom stereocenters. The molecule has 1 heterocycles. The van der Waals surface area contributed by atoms with Gasteiger partial charge in [-0.15, -0.1) is 0 Å². The van der Waals surface area contributed by atoms with Crippen LogP contribution >= 0.6 is 0 Å². The van der Waals surface area contributed by atoms with E-state index < -0.39 is 10.5 Å². The molecule has 2 fully saturated rings. The average Bonchev–Trinajstić information content (AvgIpc) is 3.35. The maximum absolute atomic E-state index is 12.8. The molecule has 1 saturated heterocycles. The van der Waals surface area contributed by atoms with Gasteiger partial charge >= 0.3 is 5.69 Å². The fourth-order valence-electron chi connectivity index (χ4n) is 4.61. The number of amides is 2. The van der Waals surface area contributed by atoms with Crippen molar-refractivity contribution in [1.29, 1.82) is 0 Å². The number of hydrogen-bond acceptors (Lipinski definition) is 7. The van der Waals surface area contributed by atoms with Crippen molar-refractivity contribution >= 4 is 23.7 Å². The van der Waals surface area contributed by atoms with Gasteiger partial charge in [-0.1, -0.05) is 12.2 Å². The van der Waals surface area contributed by atoms with Crippen LogP contribution in [-0.4, -0.2) is 40.2 Å². The minimum Gasteiger partial charge on any atom is -0.490 e. The van der Waals surface area contributed by atoms with Gasteiger partial charge in [-0.2, -0.15) is 10.1 Å². The number of nitro benzene ring substituents is 1. The second-order valence-electron chi connectivity index (χ2n) is 9.00. The summed E-state index contributed by atoms with van der Waals surface area (Å²) in [6.07, 6.45) is 6.14. The van der Waals surface area contributed by atoms with E-state index in [1.165, 1.54) is 12.3 Å². The Kier molecular flexibility index (Phi) is 5.07. The summed E-state index contributed by atoms with van der Waals surface area (Å²) < 4.78 is 11.4. The quantitative estimate of drug-likeness (QED) is 0.226. The first-order valence-corrected chi connectivity index (χ1v) is 10.3. The summed E-state index contributed by atoms with van der Waals surface area (Å²) in [5, 5.41) is 16.7. The van der Waals surface area contributed by atoms with Crippen LogP contribution in [0.1, 0.15) is 39.7 Å². The fraction of sp³-hybridized carbons (Fsp3) is 0.500. The minimum absolute atomic E-state index is 0.0296. The fourth-order valence-corrected chi connectivity index (χ4v) is 4.61. The Morgan fingerprint density at radius 3 is 2.32 bits per heavy atom. The molecule has 9 heteroatoms. The summed E-state index contributed by atoms with van der Waals surface area (Å²) in [5.74, 6) is -0.915. The van der Waals surface area contributed by atoms with Crippen molar-refractivity contribution in [2.45, 2.75) is 39.7 Å². The molecular formula is C22H25N3O6. The van der Waals surface area contributed by atoms with Crippen LogP contribution in [0.3, 0.4) is 0 Å². The number of nitrogens with zero attached hydrogens (tertiary/aromatic N) is 3. The van der Waals surface area contributed by atoms with E-state index in [1.807, 2.05) is 12.2 Å². The van der Waals surface area contributed by atoms with E-state index in [4.69, 9.17) is 9.47 Å². The van der Waals surface area contributed by atoms with Gasteiger partial charge in [0.05, 0.1) is 29.6 Å². The Bertz CT molecular complexity index is 979. The van der Waals surface area contributed by atoms with Crippen LogP contribution in [0.25, 0.3) is 0 Å². The van der Waals surface area contributed by atoms with Gasteiger partial charge in [0.1, 0.15) is 5.60 Å². The first-order valence-electron chi connectivity index (χ1n) is 10.3. The molecule has 164 valence electrons. The van der Waals surface area contributed by atoms with Crippen LogP contribution in [0.15, 0.2) is 29.4 Å². The average molecular weight is 427 g/mol. The Hall–Kier alpha value is -3.23. The molecule has 3 aliphatic rings. The number of rotatable bonds is 6. The molecular weight excluding hydrogens is 402 g/mol. The molecule has 0 aromatic heterocycles. The van der Waals surface area contributed by atoms with Crippen LogP contribution in [0.4, 0.5) is 5.69 Å². The lowest BCUT2D eigenvalue weighted by Gasteiger charge is -2.23. The normalized spacial score (nSPS) is 26.8. The SMILES string of the molecule is CCOc1cc(C=NN2C(=O)C3C4C=CC(C4)C3C2=O)cc([N+](=O)[O-])c1OC(C)(C)C. The molecule has 0 spiro atoms. The first-order chi connectivity index (χ1) is 14.6. The van der Waals surface area contributed by atoms with E-state index in [1.54, 1.807) is 33.8 Å². The lowest BCUT2D eigenvalue weighted by Crippen LogP contribution is -2.28. The molecule has 1 aliphatic heterocycles. The lowest BCUT2D eigenvalue weighted by molar-refractivity contribution is -0.386. The van der Waals surface area contributed by atoms with Crippen molar-refractivity contribution in [1.82, 2.24) is 5.01 Å². The zero-order valence-electron chi connectivity index (χ0n) is 17.9. The van der Waals surface area contributed by atoms with Gasteiger partial charge in [0.2, 0.25) is 5.75 Å². The third-order valence-electron chi connectivity index (χ3n) is 5.73. The smallest absolute Gasteiger partial charge is 0.315 e. The van der Waals surface area contributed by atoms with E-state index in [2.05, 4.69) is 5.10 Å². The number of hydrogen-bond donors (Lipinski definition) is 0. The summed E-state index contributed by atoms with van der Waals surface area (Å²) >= 11 is 0. The van der Waals surface area contributed by atoms with Crippen LogP contribution in [0, 0.1) is 33.8 Å². The zero-order chi connectivity index (χ0) is 22.5. The molecule has 2 amide bonds. The maximum Gasteiger partial charge on any atom is 0.315 e. The lowest BCUT2D eigenvalue weighted by atomic mass is 9.85. The summed E-state index contributed by atoms with van der Waals surface area (Å²) in [5.41, 5.74) is -0.623. The van der Waals surface area contributed by atoms with E-state index >= 15 is 0 Å². The predicted octanol–water partition coefficient (Wildman–Crippen LogP) is 3.31. The predicted molar refractivity (Wildman–Crippen MR) is 112 cm³/mol. The van der Waals surface area contributed by atoms with Crippen LogP contribution in [-0.2, 0) is 9.59 Å². The minimum atomic E-state index is -0.675. The molecule has 2 bridgehead atoms. The van der Waals surface area contributed by atoms with Gasteiger partial charge in [-0.05, 0) is 52.0 Å². The third kappa shape index (κ3) is 3.68. The van der Waals surface area contributed by atoms with Crippen molar-refractivity contribution in [3.63, 3.8) is 0 Å². The molecule has 1 aromatic rings. The standard InChI is InChI=1S/C22H25N3O6/c1-5-30-16-9-12(8-15(25(28)29)19(16)31-22(2,3)4)11-23-24-20(26)17-13-6-7-14(10-13)18(17)21(24)27/h6-9,11,13-14,17-18H,5,10H2,1-4H3. The molecule has 1 aromatic carbocycles.